The van der Waals surface area contributed by atoms with Gasteiger partial charge in [-0.2, -0.15) is 5.26 Å². The summed E-state index contributed by atoms with van der Waals surface area (Å²) in [5.41, 5.74) is 1.98. The fourth-order valence-corrected chi connectivity index (χ4v) is 2.31. The number of aromatic nitrogens is 1. The molecule has 0 amide bonds. The molecule has 0 aliphatic carbocycles. The Morgan fingerprint density at radius 3 is 2.71 bits per heavy atom. The summed E-state index contributed by atoms with van der Waals surface area (Å²) in [6.07, 6.45) is 1.77. The van der Waals surface area contributed by atoms with Crippen LogP contribution in [0.5, 0.6) is 0 Å². The molecule has 21 heavy (non-hydrogen) atoms. The van der Waals surface area contributed by atoms with Crippen molar-refractivity contribution in [1.29, 1.82) is 5.26 Å². The average Bonchev–Trinajstić information content (AvgIpc) is 2.85. The van der Waals surface area contributed by atoms with Gasteiger partial charge < -0.3 is 9.51 Å². The third-order valence-corrected chi connectivity index (χ3v) is 3.29. The van der Waals surface area contributed by atoms with Gasteiger partial charge in [-0.25, -0.2) is 9.18 Å². The lowest BCUT2D eigenvalue weighted by Gasteiger charge is -2.04. The van der Waals surface area contributed by atoms with Crippen LogP contribution in [0, 0.1) is 17.1 Å². The average molecular weight is 280 g/mol. The molecule has 0 unspecified atom stereocenters. The molecular formula is C16H9FN2O2. The summed E-state index contributed by atoms with van der Waals surface area (Å²) in [7, 11) is 0. The second-order valence-electron chi connectivity index (χ2n) is 4.51. The molecule has 0 spiro atoms. The molecule has 4 nitrogen and oxygen atoms in total. The number of nitrogens with zero attached hydrogens (tertiary/aromatic N) is 2. The quantitative estimate of drug-likeness (QED) is 0.783. The van der Waals surface area contributed by atoms with Gasteiger partial charge in [0, 0.05) is 11.8 Å². The predicted octanol–water partition coefficient (Wildman–Crippen LogP) is 3.32. The largest absolute Gasteiger partial charge is 0.478 e. The van der Waals surface area contributed by atoms with Gasteiger partial charge in [0.15, 0.2) is 0 Å². The number of aromatic carboxylic acids is 1. The Morgan fingerprint density at radius 2 is 2.05 bits per heavy atom. The Morgan fingerprint density at radius 1 is 1.24 bits per heavy atom. The number of carboxylic acid groups (broad SMARTS) is 1. The first-order chi connectivity index (χ1) is 10.1. The van der Waals surface area contributed by atoms with Crippen molar-refractivity contribution in [2.75, 3.05) is 0 Å². The van der Waals surface area contributed by atoms with Crippen molar-refractivity contribution >= 4 is 11.5 Å². The number of fused-ring (bicyclic) bond motifs is 1. The second kappa shape index (κ2) is 4.76. The van der Waals surface area contributed by atoms with Gasteiger partial charge in [-0.3, -0.25) is 0 Å². The van der Waals surface area contributed by atoms with Crippen LogP contribution in [0.2, 0.25) is 0 Å². The summed E-state index contributed by atoms with van der Waals surface area (Å²) in [5.74, 6) is -2.11. The molecule has 5 heteroatoms. The van der Waals surface area contributed by atoms with E-state index < -0.39 is 11.8 Å². The first-order valence-electron chi connectivity index (χ1n) is 6.15. The number of nitriles is 1. The zero-order chi connectivity index (χ0) is 15.0. The molecule has 0 aliphatic heterocycles. The van der Waals surface area contributed by atoms with E-state index in [9.17, 15) is 9.18 Å². The lowest BCUT2D eigenvalue weighted by atomic mass is 10.1. The molecule has 0 aliphatic rings. The molecule has 102 valence electrons. The van der Waals surface area contributed by atoms with E-state index in [1.54, 1.807) is 28.8 Å². The lowest BCUT2D eigenvalue weighted by Crippen LogP contribution is -2.00. The Labute approximate surface area is 119 Å². The topological polar surface area (TPSA) is 65.5 Å². The Bertz CT molecular complexity index is 906. The molecule has 0 saturated heterocycles. The minimum atomic E-state index is -1.31. The Kier molecular flexibility index (Phi) is 2.92. The minimum Gasteiger partial charge on any atom is -0.478 e. The van der Waals surface area contributed by atoms with Gasteiger partial charge in [-0.1, -0.05) is 12.1 Å². The molecule has 0 atom stereocenters. The summed E-state index contributed by atoms with van der Waals surface area (Å²) >= 11 is 0. The lowest BCUT2D eigenvalue weighted by molar-refractivity contribution is 0.0692. The minimum absolute atomic E-state index is 0.375. The molecular weight excluding hydrogens is 271 g/mol. The van der Waals surface area contributed by atoms with Crippen LogP contribution in [0.1, 0.15) is 15.9 Å². The van der Waals surface area contributed by atoms with Gasteiger partial charge in [-0.15, -0.1) is 0 Å². The van der Waals surface area contributed by atoms with E-state index in [2.05, 4.69) is 6.07 Å². The molecule has 0 radical (unpaired) electrons. The highest BCUT2D eigenvalue weighted by Crippen LogP contribution is 2.27. The van der Waals surface area contributed by atoms with Gasteiger partial charge >= 0.3 is 5.97 Å². The van der Waals surface area contributed by atoms with Crippen molar-refractivity contribution < 1.29 is 14.3 Å². The van der Waals surface area contributed by atoms with Crippen molar-refractivity contribution in [2.45, 2.75) is 0 Å². The summed E-state index contributed by atoms with van der Waals surface area (Å²) in [4.78, 5) is 10.8. The van der Waals surface area contributed by atoms with E-state index in [-0.39, 0.29) is 5.56 Å². The number of carboxylic acids is 1. The second-order valence-corrected chi connectivity index (χ2v) is 4.51. The number of hydrogen-bond donors (Lipinski definition) is 1. The van der Waals surface area contributed by atoms with Crippen LogP contribution in [0.25, 0.3) is 16.8 Å². The summed E-state index contributed by atoms with van der Waals surface area (Å²) in [5, 5.41) is 18.0. The summed E-state index contributed by atoms with van der Waals surface area (Å²) in [6.45, 7) is 0. The molecule has 2 heterocycles. The first-order valence-corrected chi connectivity index (χ1v) is 6.15. The van der Waals surface area contributed by atoms with Crippen LogP contribution >= 0.6 is 0 Å². The number of carbonyl (C=O) groups is 1. The molecule has 0 saturated carbocycles. The first kappa shape index (κ1) is 12.9. The highest BCUT2D eigenvalue weighted by Gasteiger charge is 2.14. The molecule has 1 aromatic carbocycles. The van der Waals surface area contributed by atoms with Crippen LogP contribution in [0.15, 0.2) is 48.7 Å². The normalized spacial score (nSPS) is 10.5. The maximum Gasteiger partial charge on any atom is 0.338 e. The van der Waals surface area contributed by atoms with Crippen LogP contribution in [0.3, 0.4) is 0 Å². The van der Waals surface area contributed by atoms with Crippen LogP contribution in [-0.4, -0.2) is 15.5 Å². The maximum atomic E-state index is 13.8. The maximum absolute atomic E-state index is 13.8. The molecule has 3 rings (SSSR count). The molecule has 2 aromatic heterocycles. The fourth-order valence-electron chi connectivity index (χ4n) is 2.31. The highest BCUT2D eigenvalue weighted by atomic mass is 19.1. The van der Waals surface area contributed by atoms with Gasteiger partial charge in [0.2, 0.25) is 0 Å². The zero-order valence-electron chi connectivity index (χ0n) is 10.7. The van der Waals surface area contributed by atoms with Gasteiger partial charge in [0.1, 0.15) is 11.9 Å². The Hall–Kier alpha value is -3.13. The van der Waals surface area contributed by atoms with Gasteiger partial charge in [0.25, 0.3) is 0 Å². The molecule has 0 fully saturated rings. The van der Waals surface area contributed by atoms with E-state index in [1.807, 2.05) is 6.07 Å². The van der Waals surface area contributed by atoms with E-state index in [1.165, 1.54) is 18.2 Å². The van der Waals surface area contributed by atoms with Crippen molar-refractivity contribution in [3.8, 4) is 17.3 Å². The molecule has 3 aromatic rings. The fraction of sp³-hybridized carbons (Fsp3) is 0. The molecule has 1 N–H and O–H groups in total. The third kappa shape index (κ3) is 2.03. The number of halogens is 1. The number of hydrogen-bond acceptors (Lipinski definition) is 2. The Balaban J connectivity index is 2.24. The number of pyridine rings is 1. The van der Waals surface area contributed by atoms with E-state index in [0.717, 1.165) is 5.52 Å². The van der Waals surface area contributed by atoms with E-state index in [4.69, 9.17) is 10.4 Å². The van der Waals surface area contributed by atoms with E-state index in [0.29, 0.717) is 16.8 Å². The van der Waals surface area contributed by atoms with Crippen molar-refractivity contribution in [2.24, 2.45) is 0 Å². The van der Waals surface area contributed by atoms with Crippen molar-refractivity contribution in [3.63, 3.8) is 0 Å². The van der Waals surface area contributed by atoms with Crippen LogP contribution in [0.4, 0.5) is 4.39 Å². The van der Waals surface area contributed by atoms with Crippen molar-refractivity contribution in [3.05, 3.63) is 65.6 Å². The van der Waals surface area contributed by atoms with E-state index >= 15 is 0 Å². The van der Waals surface area contributed by atoms with Crippen LogP contribution < -0.4 is 0 Å². The summed E-state index contributed by atoms with van der Waals surface area (Å²) < 4.78 is 15.6. The van der Waals surface area contributed by atoms with Crippen molar-refractivity contribution in [1.82, 2.24) is 4.40 Å². The van der Waals surface area contributed by atoms with Gasteiger partial charge in [-0.05, 0) is 30.3 Å². The standard InChI is InChI=1S/C16H9FN2O2/c17-13-7-10(4-5-12(13)16(20)21)15-8-11(9-18)14-3-1-2-6-19(14)15/h1-8H,(H,20,21). The SMILES string of the molecule is N#Cc1cc(-c2ccc(C(=O)O)c(F)c2)n2ccccc12. The number of benzene rings is 1. The third-order valence-electron chi connectivity index (χ3n) is 3.29. The predicted molar refractivity (Wildman–Crippen MR) is 74.5 cm³/mol. The smallest absolute Gasteiger partial charge is 0.338 e. The number of rotatable bonds is 2. The monoisotopic (exact) mass is 280 g/mol. The van der Waals surface area contributed by atoms with Crippen LogP contribution in [-0.2, 0) is 0 Å². The molecule has 0 bridgehead atoms. The zero-order valence-corrected chi connectivity index (χ0v) is 10.7. The highest BCUT2D eigenvalue weighted by molar-refractivity contribution is 5.88. The summed E-state index contributed by atoms with van der Waals surface area (Å²) in [6, 6.07) is 13.1. The van der Waals surface area contributed by atoms with Gasteiger partial charge in [0.05, 0.1) is 22.3 Å².